The highest BCUT2D eigenvalue weighted by Crippen LogP contribution is 2.41. The maximum absolute atomic E-state index is 13.2. The van der Waals surface area contributed by atoms with Gasteiger partial charge in [-0.15, -0.1) is 0 Å². The van der Waals surface area contributed by atoms with Crippen LogP contribution in [0.1, 0.15) is 46.4 Å². The number of aromatic nitrogens is 1. The summed E-state index contributed by atoms with van der Waals surface area (Å²) in [7, 11) is 1.46. The van der Waals surface area contributed by atoms with Crippen molar-refractivity contribution in [3.8, 4) is 5.75 Å². The van der Waals surface area contributed by atoms with Crippen LogP contribution < -0.4 is 4.74 Å². The van der Waals surface area contributed by atoms with E-state index in [1.54, 1.807) is 73.1 Å². The normalized spacial score (nSPS) is 16.7. The number of Topliss-reactive ketones (excluding diaryl/α,β-unsaturated/α-hetero) is 1. The standard InChI is InChI=1S/C28H26N2O6/c1-3-15-36-28(34)19-12-10-18(11-13-19)17-30-24(20-7-6-14-29-16-20)23(26(32)27(30)33)25(31)21-8-4-5-9-22(21)35-2/h4-14,16,24,31H,3,15,17H2,1-2H3/b25-23+. The van der Waals surface area contributed by atoms with Crippen molar-refractivity contribution in [2.24, 2.45) is 0 Å². The average Bonchev–Trinajstić information content (AvgIpc) is 3.17. The number of rotatable bonds is 8. The molecule has 0 radical (unpaired) electrons. The van der Waals surface area contributed by atoms with Gasteiger partial charge in [-0.05, 0) is 47.9 Å². The van der Waals surface area contributed by atoms with Crippen molar-refractivity contribution >= 4 is 23.4 Å². The largest absolute Gasteiger partial charge is 0.507 e. The molecular weight excluding hydrogens is 460 g/mol. The smallest absolute Gasteiger partial charge is 0.338 e. The number of pyridine rings is 1. The molecule has 0 aliphatic carbocycles. The van der Waals surface area contributed by atoms with E-state index >= 15 is 0 Å². The number of carbonyl (C=O) groups is 3. The molecule has 1 aliphatic rings. The Morgan fingerprint density at radius 3 is 2.47 bits per heavy atom. The molecule has 2 heterocycles. The van der Waals surface area contributed by atoms with Gasteiger partial charge in [-0.1, -0.05) is 37.3 Å². The van der Waals surface area contributed by atoms with Gasteiger partial charge < -0.3 is 19.5 Å². The highest BCUT2D eigenvalue weighted by atomic mass is 16.5. The minimum absolute atomic E-state index is 0.0442. The molecule has 36 heavy (non-hydrogen) atoms. The molecule has 1 aliphatic heterocycles. The Kier molecular flexibility index (Phi) is 7.44. The first-order valence-electron chi connectivity index (χ1n) is 11.5. The molecule has 1 aromatic heterocycles. The highest BCUT2D eigenvalue weighted by molar-refractivity contribution is 6.46. The summed E-state index contributed by atoms with van der Waals surface area (Å²) >= 11 is 0. The molecule has 0 bridgehead atoms. The minimum atomic E-state index is -0.863. The van der Waals surface area contributed by atoms with Crippen molar-refractivity contribution in [3.05, 3.63) is 101 Å². The third-order valence-corrected chi connectivity index (χ3v) is 5.88. The summed E-state index contributed by atoms with van der Waals surface area (Å²) in [4.78, 5) is 44.1. The Morgan fingerprint density at radius 1 is 1.06 bits per heavy atom. The summed E-state index contributed by atoms with van der Waals surface area (Å²) in [6.45, 7) is 2.33. The molecule has 1 N–H and O–H groups in total. The molecule has 1 fully saturated rings. The minimum Gasteiger partial charge on any atom is -0.507 e. The monoisotopic (exact) mass is 486 g/mol. The van der Waals surface area contributed by atoms with Gasteiger partial charge in [0.25, 0.3) is 11.7 Å². The fourth-order valence-corrected chi connectivity index (χ4v) is 4.13. The van der Waals surface area contributed by atoms with Crippen molar-refractivity contribution < 1.29 is 29.0 Å². The van der Waals surface area contributed by atoms with Gasteiger partial charge in [0.2, 0.25) is 0 Å². The number of likely N-dealkylation sites (tertiary alicyclic amines) is 1. The molecule has 2 aromatic carbocycles. The number of hydrogen-bond donors (Lipinski definition) is 1. The lowest BCUT2D eigenvalue weighted by molar-refractivity contribution is -0.140. The Hall–Kier alpha value is -4.46. The van der Waals surface area contributed by atoms with Crippen molar-refractivity contribution in [3.63, 3.8) is 0 Å². The number of hydrogen-bond acceptors (Lipinski definition) is 7. The predicted octanol–water partition coefficient (Wildman–Crippen LogP) is 4.28. The lowest BCUT2D eigenvalue weighted by Gasteiger charge is -2.25. The van der Waals surface area contributed by atoms with Crippen LogP contribution in [0.3, 0.4) is 0 Å². The summed E-state index contributed by atoms with van der Waals surface area (Å²) in [6, 6.07) is 16.0. The van der Waals surface area contributed by atoms with E-state index in [2.05, 4.69) is 4.98 Å². The summed E-state index contributed by atoms with van der Waals surface area (Å²) in [5.41, 5.74) is 1.94. The summed E-state index contributed by atoms with van der Waals surface area (Å²) in [6.07, 6.45) is 3.88. The zero-order chi connectivity index (χ0) is 25.7. The van der Waals surface area contributed by atoms with Gasteiger partial charge in [-0.25, -0.2) is 4.79 Å². The van der Waals surface area contributed by atoms with Crippen LogP contribution in [0, 0.1) is 0 Å². The summed E-state index contributed by atoms with van der Waals surface area (Å²) in [5.74, 6) is -1.91. The van der Waals surface area contributed by atoms with E-state index in [9.17, 15) is 19.5 Å². The average molecular weight is 487 g/mol. The van der Waals surface area contributed by atoms with E-state index in [0.717, 1.165) is 6.42 Å². The first-order valence-corrected chi connectivity index (χ1v) is 11.5. The van der Waals surface area contributed by atoms with E-state index in [-0.39, 0.29) is 17.9 Å². The predicted molar refractivity (Wildman–Crippen MR) is 132 cm³/mol. The fraction of sp³-hybridized carbons (Fsp3) is 0.214. The SMILES string of the molecule is CCCOC(=O)c1ccc(CN2C(=O)C(=O)/C(=C(/O)c3ccccc3OC)C2c2cccnc2)cc1. The summed E-state index contributed by atoms with van der Waals surface area (Å²) < 4.78 is 10.5. The van der Waals surface area contributed by atoms with Gasteiger partial charge in [-0.3, -0.25) is 14.6 Å². The highest BCUT2D eigenvalue weighted by Gasteiger charge is 2.46. The van der Waals surface area contributed by atoms with Gasteiger partial charge in [0, 0.05) is 18.9 Å². The van der Waals surface area contributed by atoms with Crippen LogP contribution in [-0.4, -0.2) is 46.4 Å². The van der Waals surface area contributed by atoms with Crippen molar-refractivity contribution in [2.45, 2.75) is 25.9 Å². The van der Waals surface area contributed by atoms with Crippen LogP contribution in [0.25, 0.3) is 5.76 Å². The molecule has 4 rings (SSSR count). The zero-order valence-corrected chi connectivity index (χ0v) is 20.0. The van der Waals surface area contributed by atoms with Crippen LogP contribution in [0.5, 0.6) is 5.75 Å². The molecule has 1 unspecified atom stereocenters. The number of benzene rings is 2. The van der Waals surface area contributed by atoms with Crippen molar-refractivity contribution in [1.29, 1.82) is 0 Å². The van der Waals surface area contributed by atoms with E-state index in [1.165, 1.54) is 12.0 Å². The van der Waals surface area contributed by atoms with Gasteiger partial charge in [0.1, 0.15) is 11.5 Å². The number of aliphatic hydroxyl groups excluding tert-OH is 1. The van der Waals surface area contributed by atoms with Gasteiger partial charge in [0.05, 0.1) is 36.5 Å². The number of nitrogens with zero attached hydrogens (tertiary/aromatic N) is 2. The molecular formula is C28H26N2O6. The third kappa shape index (κ3) is 4.84. The molecule has 1 atom stereocenters. The number of ether oxygens (including phenoxy) is 2. The van der Waals surface area contributed by atoms with Crippen LogP contribution in [0.15, 0.2) is 78.6 Å². The Bertz CT molecular complexity index is 1300. The topological polar surface area (TPSA) is 106 Å². The molecule has 184 valence electrons. The van der Waals surface area contributed by atoms with Crippen LogP contribution >= 0.6 is 0 Å². The van der Waals surface area contributed by atoms with E-state index in [1.807, 2.05) is 6.92 Å². The summed E-state index contributed by atoms with van der Waals surface area (Å²) in [5, 5.41) is 11.2. The van der Waals surface area contributed by atoms with E-state index in [4.69, 9.17) is 9.47 Å². The number of ketones is 1. The molecule has 1 saturated heterocycles. The second kappa shape index (κ2) is 10.9. The van der Waals surface area contributed by atoms with Crippen molar-refractivity contribution in [1.82, 2.24) is 9.88 Å². The van der Waals surface area contributed by atoms with Crippen LogP contribution in [0.2, 0.25) is 0 Å². The van der Waals surface area contributed by atoms with Crippen LogP contribution in [-0.2, 0) is 20.9 Å². The molecule has 1 amide bonds. The molecule has 3 aromatic rings. The number of esters is 1. The second-order valence-electron chi connectivity index (χ2n) is 8.25. The van der Waals surface area contributed by atoms with Gasteiger partial charge in [0.15, 0.2) is 0 Å². The van der Waals surface area contributed by atoms with E-state index < -0.39 is 23.7 Å². The molecule has 0 spiro atoms. The molecule has 8 heteroatoms. The maximum atomic E-state index is 13.2. The maximum Gasteiger partial charge on any atom is 0.338 e. The second-order valence-corrected chi connectivity index (χ2v) is 8.25. The fourth-order valence-electron chi connectivity index (χ4n) is 4.13. The van der Waals surface area contributed by atoms with Gasteiger partial charge in [-0.2, -0.15) is 0 Å². The Morgan fingerprint density at radius 2 is 1.81 bits per heavy atom. The Labute approximate surface area is 208 Å². The molecule has 0 saturated carbocycles. The first kappa shape index (κ1) is 24.7. The number of aliphatic hydroxyl groups is 1. The number of amides is 1. The zero-order valence-electron chi connectivity index (χ0n) is 20.0. The van der Waals surface area contributed by atoms with E-state index in [0.29, 0.717) is 34.6 Å². The number of para-hydroxylation sites is 1. The quantitative estimate of drug-likeness (QED) is 0.219. The number of methoxy groups -OCH3 is 1. The Balaban J connectivity index is 1.73. The molecule has 8 nitrogen and oxygen atoms in total. The third-order valence-electron chi connectivity index (χ3n) is 5.88. The lowest BCUT2D eigenvalue weighted by atomic mass is 9.96. The first-order chi connectivity index (χ1) is 17.5. The van der Waals surface area contributed by atoms with Crippen LogP contribution in [0.4, 0.5) is 0 Å². The number of carbonyl (C=O) groups excluding carboxylic acids is 3. The lowest BCUT2D eigenvalue weighted by Crippen LogP contribution is -2.29. The van der Waals surface area contributed by atoms with Crippen molar-refractivity contribution in [2.75, 3.05) is 13.7 Å². The van der Waals surface area contributed by atoms with Gasteiger partial charge >= 0.3 is 5.97 Å².